The van der Waals surface area contributed by atoms with Gasteiger partial charge in [-0.25, -0.2) is 13.5 Å². The van der Waals surface area contributed by atoms with Crippen molar-refractivity contribution in [3.63, 3.8) is 0 Å². The quantitative estimate of drug-likeness (QED) is 0.693. The molecule has 1 amide bonds. The normalized spacial score (nSPS) is 18.6. The predicted octanol–water partition coefficient (Wildman–Crippen LogP) is 4.08. The zero-order valence-electron chi connectivity index (χ0n) is 15.2. The number of halogens is 2. The number of hydrogen-bond donors (Lipinski definition) is 2. The van der Waals surface area contributed by atoms with Crippen LogP contribution in [0.25, 0.3) is 0 Å². The van der Waals surface area contributed by atoms with Crippen LogP contribution in [0.2, 0.25) is 0 Å². The Labute approximate surface area is 160 Å². The first-order valence-corrected chi connectivity index (χ1v) is 9.02. The maximum Gasteiger partial charge on any atom is 0.260 e. The number of alkyl halides is 2. The summed E-state index contributed by atoms with van der Waals surface area (Å²) in [6, 6.07) is 9.75. The van der Waals surface area contributed by atoms with Gasteiger partial charge < -0.3 is 15.1 Å². The van der Waals surface area contributed by atoms with Crippen molar-refractivity contribution in [1.29, 1.82) is 0 Å². The predicted molar refractivity (Wildman–Crippen MR) is 99.3 cm³/mol. The molecule has 1 aromatic carbocycles. The molecule has 0 saturated carbocycles. The van der Waals surface area contributed by atoms with Crippen molar-refractivity contribution in [3.8, 4) is 0 Å². The summed E-state index contributed by atoms with van der Waals surface area (Å²) in [5.41, 5.74) is 2.22. The summed E-state index contributed by atoms with van der Waals surface area (Å²) in [4.78, 5) is 12.6. The highest BCUT2D eigenvalue weighted by Crippen LogP contribution is 2.39. The number of carbonyl (C=O) groups is 1. The molecule has 0 unspecified atom stereocenters. The second-order valence-electron chi connectivity index (χ2n) is 6.86. The number of aryl methyl sites for hydroxylation is 1. The minimum atomic E-state index is -2.59. The average molecular weight is 386 g/mol. The Morgan fingerprint density at radius 1 is 1.36 bits per heavy atom. The van der Waals surface area contributed by atoms with E-state index in [1.807, 2.05) is 31.2 Å². The van der Waals surface area contributed by atoms with Crippen molar-refractivity contribution in [1.82, 2.24) is 15.1 Å². The van der Waals surface area contributed by atoms with Gasteiger partial charge in [-0.2, -0.15) is 5.10 Å². The van der Waals surface area contributed by atoms with Gasteiger partial charge in [-0.05, 0) is 31.0 Å². The molecule has 1 aliphatic rings. The monoisotopic (exact) mass is 386 g/mol. The van der Waals surface area contributed by atoms with E-state index < -0.39 is 18.4 Å². The third-order valence-electron chi connectivity index (χ3n) is 4.92. The summed E-state index contributed by atoms with van der Waals surface area (Å²) in [6.07, 6.45) is 0.438. The van der Waals surface area contributed by atoms with Gasteiger partial charge in [0.2, 0.25) is 0 Å². The van der Waals surface area contributed by atoms with Crippen LogP contribution in [-0.4, -0.2) is 22.1 Å². The SMILES string of the molecule is Cc1ccc([C@H]2C[C@@H](C(F)F)n3ncc(C(=O)NCc4ccco4)c3N2)cc1. The first kappa shape index (κ1) is 18.2. The van der Waals surface area contributed by atoms with E-state index in [0.717, 1.165) is 11.1 Å². The van der Waals surface area contributed by atoms with Crippen molar-refractivity contribution in [2.45, 2.75) is 38.4 Å². The molecular weight excluding hydrogens is 366 g/mol. The van der Waals surface area contributed by atoms with Gasteiger partial charge in [0.15, 0.2) is 0 Å². The van der Waals surface area contributed by atoms with Crippen LogP contribution in [0.5, 0.6) is 0 Å². The van der Waals surface area contributed by atoms with Crippen molar-refractivity contribution in [3.05, 3.63) is 71.3 Å². The van der Waals surface area contributed by atoms with Crippen LogP contribution >= 0.6 is 0 Å². The van der Waals surface area contributed by atoms with Crippen LogP contribution in [0.4, 0.5) is 14.6 Å². The van der Waals surface area contributed by atoms with Crippen LogP contribution in [0, 0.1) is 6.92 Å². The zero-order chi connectivity index (χ0) is 19.7. The molecule has 0 fully saturated rings. The number of nitrogens with zero attached hydrogens (tertiary/aromatic N) is 2. The molecule has 0 aliphatic carbocycles. The van der Waals surface area contributed by atoms with E-state index in [9.17, 15) is 13.6 Å². The molecular formula is C20H20F2N4O2. The first-order chi connectivity index (χ1) is 13.5. The van der Waals surface area contributed by atoms with Gasteiger partial charge in [-0.3, -0.25) is 4.79 Å². The van der Waals surface area contributed by atoms with Crippen molar-refractivity contribution in [2.75, 3.05) is 5.32 Å². The molecule has 0 bridgehead atoms. The lowest BCUT2D eigenvalue weighted by molar-refractivity contribution is 0.0656. The van der Waals surface area contributed by atoms with Gasteiger partial charge in [0, 0.05) is 0 Å². The molecule has 0 radical (unpaired) electrons. The Kier molecular flexibility index (Phi) is 4.85. The second-order valence-corrected chi connectivity index (χ2v) is 6.86. The van der Waals surface area contributed by atoms with E-state index in [0.29, 0.717) is 11.6 Å². The molecule has 2 N–H and O–H groups in total. The van der Waals surface area contributed by atoms with Crippen molar-refractivity contribution in [2.24, 2.45) is 0 Å². The summed E-state index contributed by atoms with van der Waals surface area (Å²) < 4.78 is 33.8. The van der Waals surface area contributed by atoms with E-state index in [1.54, 1.807) is 12.1 Å². The minimum absolute atomic E-state index is 0.183. The van der Waals surface area contributed by atoms with E-state index in [-0.39, 0.29) is 24.6 Å². The zero-order valence-corrected chi connectivity index (χ0v) is 15.2. The molecule has 4 rings (SSSR count). The van der Waals surface area contributed by atoms with Crippen molar-refractivity contribution >= 4 is 11.7 Å². The lowest BCUT2D eigenvalue weighted by Crippen LogP contribution is -2.32. The molecule has 6 nitrogen and oxygen atoms in total. The smallest absolute Gasteiger partial charge is 0.260 e. The number of anilines is 1. The summed E-state index contributed by atoms with van der Waals surface area (Å²) in [5.74, 6) is 0.507. The van der Waals surface area contributed by atoms with Gasteiger partial charge in [-0.15, -0.1) is 0 Å². The van der Waals surface area contributed by atoms with Gasteiger partial charge in [0.05, 0.1) is 25.0 Å². The number of benzene rings is 1. The Hall–Kier alpha value is -3.16. The molecule has 0 spiro atoms. The topological polar surface area (TPSA) is 72.1 Å². The Balaban J connectivity index is 1.60. The fourth-order valence-electron chi connectivity index (χ4n) is 3.39. The number of furan rings is 1. The maximum absolute atomic E-state index is 13.7. The lowest BCUT2D eigenvalue weighted by atomic mass is 9.96. The minimum Gasteiger partial charge on any atom is -0.467 e. The Morgan fingerprint density at radius 3 is 2.82 bits per heavy atom. The third kappa shape index (κ3) is 3.49. The number of hydrogen-bond acceptors (Lipinski definition) is 4. The summed E-state index contributed by atoms with van der Waals surface area (Å²) in [6.45, 7) is 2.17. The number of fused-ring (bicyclic) bond motifs is 1. The lowest BCUT2D eigenvalue weighted by Gasteiger charge is -2.32. The number of carbonyl (C=O) groups excluding carboxylic acids is 1. The maximum atomic E-state index is 13.7. The number of nitrogens with one attached hydrogen (secondary N) is 2. The highest BCUT2D eigenvalue weighted by atomic mass is 19.3. The molecule has 0 saturated heterocycles. The first-order valence-electron chi connectivity index (χ1n) is 9.02. The standard InChI is InChI=1S/C20H20F2N4O2/c1-12-4-6-13(7-5-12)16-9-17(18(21)22)26-19(25-16)15(11-24-26)20(27)23-10-14-3-2-8-28-14/h2-8,11,16-18,25H,9-10H2,1H3,(H,23,27)/t16-,17+/m1/s1. The summed E-state index contributed by atoms with van der Waals surface area (Å²) in [5, 5.41) is 10.0. The highest BCUT2D eigenvalue weighted by molar-refractivity contribution is 5.98. The van der Waals surface area contributed by atoms with Crippen LogP contribution in [0.3, 0.4) is 0 Å². The van der Waals surface area contributed by atoms with Gasteiger partial charge in [0.1, 0.15) is 23.2 Å². The molecule has 8 heteroatoms. The van der Waals surface area contributed by atoms with Gasteiger partial charge in [-0.1, -0.05) is 29.8 Å². The fourth-order valence-corrected chi connectivity index (χ4v) is 3.39. The summed E-state index contributed by atoms with van der Waals surface area (Å²) >= 11 is 0. The summed E-state index contributed by atoms with van der Waals surface area (Å²) in [7, 11) is 0. The van der Waals surface area contributed by atoms with Crippen molar-refractivity contribution < 1.29 is 18.0 Å². The van der Waals surface area contributed by atoms with Crippen LogP contribution in [-0.2, 0) is 6.54 Å². The molecule has 1 aliphatic heterocycles. The van der Waals surface area contributed by atoms with Gasteiger partial charge >= 0.3 is 0 Å². The van der Waals surface area contributed by atoms with E-state index in [4.69, 9.17) is 4.42 Å². The second kappa shape index (κ2) is 7.46. The Morgan fingerprint density at radius 2 is 2.14 bits per heavy atom. The molecule has 3 aromatic rings. The molecule has 146 valence electrons. The molecule has 28 heavy (non-hydrogen) atoms. The third-order valence-corrected chi connectivity index (χ3v) is 4.92. The average Bonchev–Trinajstić information content (AvgIpc) is 3.35. The van der Waals surface area contributed by atoms with E-state index in [2.05, 4.69) is 15.7 Å². The van der Waals surface area contributed by atoms with Crippen LogP contribution < -0.4 is 10.6 Å². The fraction of sp³-hybridized carbons (Fsp3) is 0.300. The van der Waals surface area contributed by atoms with E-state index in [1.165, 1.54) is 17.1 Å². The Bertz CT molecular complexity index is 951. The number of amides is 1. The molecule has 2 aromatic heterocycles. The molecule has 2 atom stereocenters. The highest BCUT2D eigenvalue weighted by Gasteiger charge is 2.36. The van der Waals surface area contributed by atoms with Gasteiger partial charge in [0.25, 0.3) is 12.3 Å². The molecule has 3 heterocycles. The number of rotatable bonds is 5. The van der Waals surface area contributed by atoms with Crippen LogP contribution in [0.1, 0.15) is 45.7 Å². The van der Waals surface area contributed by atoms with Crippen LogP contribution in [0.15, 0.2) is 53.3 Å². The number of aromatic nitrogens is 2. The van der Waals surface area contributed by atoms with E-state index >= 15 is 0 Å². The largest absolute Gasteiger partial charge is 0.467 e.